The number of anilines is 1. The van der Waals surface area contributed by atoms with Gasteiger partial charge in [0.15, 0.2) is 24.7 Å². The monoisotopic (exact) mass is 433 g/mol. The number of carbonyl (C=O) groups excluding carboxylic acids is 2. The van der Waals surface area contributed by atoms with E-state index in [1.165, 1.54) is 0 Å². The van der Waals surface area contributed by atoms with Crippen LogP contribution in [0.4, 0.5) is 5.69 Å². The van der Waals surface area contributed by atoms with Gasteiger partial charge in [-0.2, -0.15) is 0 Å². The van der Waals surface area contributed by atoms with Gasteiger partial charge < -0.3 is 19.5 Å². The van der Waals surface area contributed by atoms with E-state index in [0.717, 1.165) is 16.5 Å². The van der Waals surface area contributed by atoms with Crippen LogP contribution in [0.2, 0.25) is 0 Å². The average molecular weight is 434 g/mol. The van der Waals surface area contributed by atoms with Crippen molar-refractivity contribution in [2.75, 3.05) is 18.5 Å². The summed E-state index contributed by atoms with van der Waals surface area (Å²) in [5.74, 6) is 0.102. The highest BCUT2D eigenvalue weighted by Gasteiger charge is 2.32. The van der Waals surface area contributed by atoms with Gasteiger partial charge in [-0.25, -0.2) is 4.79 Å². The number of amides is 1. The van der Waals surface area contributed by atoms with Gasteiger partial charge in [-0.1, -0.05) is 28.1 Å². The molecule has 1 N–H and O–H groups in total. The molecule has 0 spiro atoms. The molecule has 1 aliphatic rings. The molecule has 0 fully saturated rings. The summed E-state index contributed by atoms with van der Waals surface area (Å²) < 4.78 is 17.3. The lowest BCUT2D eigenvalue weighted by atomic mass is 10.0. The van der Waals surface area contributed by atoms with Crippen LogP contribution in [0.5, 0.6) is 11.5 Å². The topological polar surface area (TPSA) is 73.9 Å². The van der Waals surface area contributed by atoms with Crippen LogP contribution >= 0.6 is 15.9 Å². The van der Waals surface area contributed by atoms with Crippen molar-refractivity contribution in [1.29, 1.82) is 0 Å². The van der Waals surface area contributed by atoms with Gasteiger partial charge in [-0.15, -0.1) is 0 Å². The first kappa shape index (κ1) is 19.2. The SMILES string of the molecule is CC1(C)Cc2cccc(OCC(=O)OCC(=O)Nc3ccc(Br)cc3)c2O1. The van der Waals surface area contributed by atoms with Gasteiger partial charge in [0.1, 0.15) is 5.60 Å². The molecule has 6 nitrogen and oxygen atoms in total. The lowest BCUT2D eigenvalue weighted by Gasteiger charge is -2.18. The summed E-state index contributed by atoms with van der Waals surface area (Å²) in [6.07, 6.45) is 0.778. The lowest BCUT2D eigenvalue weighted by molar-refractivity contribution is -0.149. The molecule has 1 amide bonds. The standard InChI is InChI=1S/C20H20BrNO5/c1-20(2)10-13-4-3-5-16(19(13)27-20)25-12-18(24)26-11-17(23)22-15-8-6-14(21)7-9-15/h3-9H,10-12H2,1-2H3,(H,22,23). The maximum Gasteiger partial charge on any atom is 0.344 e. The van der Waals surface area contributed by atoms with Gasteiger partial charge in [0.25, 0.3) is 5.91 Å². The Labute approximate surface area is 165 Å². The molecule has 142 valence electrons. The average Bonchev–Trinajstić information content (AvgIpc) is 2.94. The Morgan fingerprint density at radius 1 is 1.15 bits per heavy atom. The predicted octanol–water partition coefficient (Wildman–Crippen LogP) is 3.72. The summed E-state index contributed by atoms with van der Waals surface area (Å²) in [4.78, 5) is 23.7. The molecule has 2 aromatic carbocycles. The Morgan fingerprint density at radius 2 is 1.89 bits per heavy atom. The Hall–Kier alpha value is -2.54. The van der Waals surface area contributed by atoms with Gasteiger partial charge in [0.05, 0.1) is 0 Å². The Bertz CT molecular complexity index is 848. The zero-order chi connectivity index (χ0) is 19.4. The third-order valence-corrected chi connectivity index (χ3v) is 4.42. The zero-order valence-electron chi connectivity index (χ0n) is 15.1. The first-order chi connectivity index (χ1) is 12.8. The van der Waals surface area contributed by atoms with Crippen molar-refractivity contribution in [3.05, 3.63) is 52.5 Å². The normalized spacial score (nSPS) is 14.0. The van der Waals surface area contributed by atoms with Crippen LogP contribution in [0.3, 0.4) is 0 Å². The maximum absolute atomic E-state index is 11.9. The highest BCUT2D eigenvalue weighted by atomic mass is 79.9. The number of halogens is 1. The second-order valence-corrected chi connectivity index (χ2v) is 7.70. The van der Waals surface area contributed by atoms with E-state index in [2.05, 4.69) is 21.2 Å². The lowest BCUT2D eigenvalue weighted by Crippen LogP contribution is -2.25. The molecule has 0 unspecified atom stereocenters. The highest BCUT2D eigenvalue weighted by molar-refractivity contribution is 9.10. The largest absolute Gasteiger partial charge is 0.483 e. The fourth-order valence-electron chi connectivity index (χ4n) is 2.76. The molecule has 0 saturated carbocycles. The summed E-state index contributed by atoms with van der Waals surface area (Å²) in [6, 6.07) is 12.7. The van der Waals surface area contributed by atoms with Crippen molar-refractivity contribution in [3.8, 4) is 11.5 Å². The molecular formula is C20H20BrNO5. The Kier molecular flexibility index (Phi) is 5.70. The molecule has 2 aromatic rings. The third kappa shape index (κ3) is 5.23. The molecule has 7 heteroatoms. The van der Waals surface area contributed by atoms with E-state index in [1.807, 2.05) is 26.0 Å². The summed E-state index contributed by atoms with van der Waals surface area (Å²) in [6.45, 7) is 3.31. The van der Waals surface area contributed by atoms with Crippen molar-refractivity contribution in [3.63, 3.8) is 0 Å². The van der Waals surface area contributed by atoms with Gasteiger partial charge in [0.2, 0.25) is 0 Å². The van der Waals surface area contributed by atoms with Crippen LogP contribution < -0.4 is 14.8 Å². The minimum Gasteiger partial charge on any atom is -0.483 e. The summed E-state index contributed by atoms with van der Waals surface area (Å²) in [7, 11) is 0. The first-order valence-corrected chi connectivity index (χ1v) is 9.26. The minimum absolute atomic E-state index is 0.298. The second-order valence-electron chi connectivity index (χ2n) is 6.79. The second kappa shape index (κ2) is 8.00. The van der Waals surface area contributed by atoms with Crippen LogP contribution in [0.1, 0.15) is 19.4 Å². The molecule has 1 aliphatic heterocycles. The van der Waals surface area contributed by atoms with Gasteiger partial charge in [-0.3, -0.25) is 4.79 Å². The van der Waals surface area contributed by atoms with E-state index in [0.29, 0.717) is 17.2 Å². The van der Waals surface area contributed by atoms with Crippen molar-refractivity contribution in [2.24, 2.45) is 0 Å². The van der Waals surface area contributed by atoms with Crippen LogP contribution in [0.25, 0.3) is 0 Å². The molecule has 3 rings (SSSR count). The number of rotatable bonds is 6. The number of hydrogen-bond donors (Lipinski definition) is 1. The summed E-state index contributed by atoms with van der Waals surface area (Å²) >= 11 is 3.32. The number of esters is 1. The highest BCUT2D eigenvalue weighted by Crippen LogP contribution is 2.41. The first-order valence-electron chi connectivity index (χ1n) is 8.47. The molecular weight excluding hydrogens is 414 g/mol. The molecule has 27 heavy (non-hydrogen) atoms. The smallest absolute Gasteiger partial charge is 0.344 e. The van der Waals surface area contributed by atoms with E-state index in [1.54, 1.807) is 30.3 Å². The number of hydrogen-bond acceptors (Lipinski definition) is 5. The van der Waals surface area contributed by atoms with E-state index in [4.69, 9.17) is 14.2 Å². The van der Waals surface area contributed by atoms with Crippen LogP contribution in [0, 0.1) is 0 Å². The van der Waals surface area contributed by atoms with Crippen molar-refractivity contribution in [1.82, 2.24) is 0 Å². The number of benzene rings is 2. The Balaban J connectivity index is 1.46. The van der Waals surface area contributed by atoms with Gasteiger partial charge in [0, 0.05) is 22.1 Å². The van der Waals surface area contributed by atoms with Gasteiger partial charge in [-0.05, 0) is 44.2 Å². The van der Waals surface area contributed by atoms with Gasteiger partial charge >= 0.3 is 5.97 Å². The van der Waals surface area contributed by atoms with E-state index in [-0.39, 0.29) is 18.8 Å². The minimum atomic E-state index is -0.629. The number of ether oxygens (including phenoxy) is 3. The molecule has 0 saturated heterocycles. The van der Waals surface area contributed by atoms with E-state index in [9.17, 15) is 9.59 Å². The number of fused-ring (bicyclic) bond motifs is 1. The Morgan fingerprint density at radius 3 is 2.63 bits per heavy atom. The van der Waals surface area contributed by atoms with Crippen molar-refractivity contribution < 1.29 is 23.8 Å². The van der Waals surface area contributed by atoms with Crippen molar-refractivity contribution in [2.45, 2.75) is 25.9 Å². The number of nitrogens with one attached hydrogen (secondary N) is 1. The maximum atomic E-state index is 11.9. The summed E-state index contributed by atoms with van der Waals surface area (Å²) in [5.41, 5.74) is 1.36. The fraction of sp³-hybridized carbons (Fsp3) is 0.300. The number of carbonyl (C=O) groups is 2. The van der Waals surface area contributed by atoms with E-state index < -0.39 is 11.9 Å². The fourth-order valence-corrected chi connectivity index (χ4v) is 3.02. The molecule has 1 heterocycles. The van der Waals surface area contributed by atoms with Crippen LogP contribution in [-0.2, 0) is 20.7 Å². The molecule has 0 radical (unpaired) electrons. The summed E-state index contributed by atoms with van der Waals surface area (Å²) in [5, 5.41) is 2.64. The van der Waals surface area contributed by atoms with Crippen molar-refractivity contribution >= 4 is 33.5 Å². The van der Waals surface area contributed by atoms with Crippen LogP contribution in [0.15, 0.2) is 46.9 Å². The molecule has 0 aliphatic carbocycles. The quantitative estimate of drug-likeness (QED) is 0.702. The third-order valence-electron chi connectivity index (χ3n) is 3.89. The predicted molar refractivity (Wildman–Crippen MR) is 104 cm³/mol. The molecule has 0 atom stereocenters. The zero-order valence-corrected chi connectivity index (χ0v) is 16.7. The number of para-hydroxylation sites is 1. The van der Waals surface area contributed by atoms with E-state index >= 15 is 0 Å². The molecule has 0 aromatic heterocycles. The van der Waals surface area contributed by atoms with Crippen LogP contribution in [-0.4, -0.2) is 30.7 Å². The molecule has 0 bridgehead atoms.